The molecule has 0 saturated carbocycles. The Labute approximate surface area is 122 Å². The SMILES string of the molecule is CCc1nn(C)cc1-n1nnnc1-c1ccc(N)c(C)c1. The molecule has 0 bridgehead atoms. The molecular formula is C14H17N7. The molecule has 0 aliphatic carbocycles. The van der Waals surface area contributed by atoms with Crippen molar-refractivity contribution in [2.75, 3.05) is 5.73 Å². The van der Waals surface area contributed by atoms with Crippen molar-refractivity contribution in [1.82, 2.24) is 30.0 Å². The summed E-state index contributed by atoms with van der Waals surface area (Å²) < 4.78 is 3.49. The zero-order valence-corrected chi connectivity index (χ0v) is 12.3. The van der Waals surface area contributed by atoms with Gasteiger partial charge in [0, 0.05) is 18.3 Å². The van der Waals surface area contributed by atoms with Crippen LogP contribution in [0.4, 0.5) is 5.69 Å². The fourth-order valence-electron chi connectivity index (χ4n) is 2.29. The first-order chi connectivity index (χ1) is 10.1. The van der Waals surface area contributed by atoms with Crippen LogP contribution < -0.4 is 5.73 Å². The van der Waals surface area contributed by atoms with Gasteiger partial charge in [-0.05, 0) is 47.5 Å². The van der Waals surface area contributed by atoms with Gasteiger partial charge in [-0.1, -0.05) is 6.92 Å². The molecule has 0 spiro atoms. The first-order valence-electron chi connectivity index (χ1n) is 6.78. The van der Waals surface area contributed by atoms with E-state index in [1.165, 1.54) is 0 Å². The van der Waals surface area contributed by atoms with Crippen LogP contribution in [0.5, 0.6) is 0 Å². The van der Waals surface area contributed by atoms with E-state index in [0.29, 0.717) is 5.82 Å². The minimum atomic E-state index is 0.681. The summed E-state index contributed by atoms with van der Waals surface area (Å²) in [7, 11) is 1.89. The van der Waals surface area contributed by atoms with Crippen molar-refractivity contribution < 1.29 is 0 Å². The van der Waals surface area contributed by atoms with E-state index in [1.54, 1.807) is 9.36 Å². The number of tetrazole rings is 1. The van der Waals surface area contributed by atoms with Crippen LogP contribution in [-0.4, -0.2) is 30.0 Å². The predicted octanol–water partition coefficient (Wildman–Crippen LogP) is 1.52. The Morgan fingerprint density at radius 3 is 2.81 bits per heavy atom. The first-order valence-corrected chi connectivity index (χ1v) is 6.78. The second kappa shape index (κ2) is 5.01. The van der Waals surface area contributed by atoms with Crippen LogP contribution >= 0.6 is 0 Å². The molecule has 0 radical (unpaired) electrons. The van der Waals surface area contributed by atoms with Crippen molar-refractivity contribution in [2.24, 2.45) is 7.05 Å². The molecule has 0 aliphatic heterocycles. The summed E-state index contributed by atoms with van der Waals surface area (Å²) in [4.78, 5) is 0. The molecule has 0 amide bonds. The lowest BCUT2D eigenvalue weighted by atomic mass is 10.1. The number of anilines is 1. The highest BCUT2D eigenvalue weighted by Gasteiger charge is 2.16. The largest absolute Gasteiger partial charge is 0.399 e. The summed E-state index contributed by atoms with van der Waals surface area (Å²) in [5.41, 5.74) is 10.4. The van der Waals surface area contributed by atoms with Crippen LogP contribution in [0.1, 0.15) is 18.2 Å². The number of hydrogen-bond donors (Lipinski definition) is 1. The van der Waals surface area contributed by atoms with Gasteiger partial charge in [-0.15, -0.1) is 5.10 Å². The number of nitrogens with zero attached hydrogens (tertiary/aromatic N) is 6. The molecule has 1 aromatic carbocycles. The van der Waals surface area contributed by atoms with Gasteiger partial charge in [0.15, 0.2) is 5.82 Å². The molecular weight excluding hydrogens is 266 g/mol. The van der Waals surface area contributed by atoms with Gasteiger partial charge in [-0.25, -0.2) is 0 Å². The van der Waals surface area contributed by atoms with Gasteiger partial charge in [0.1, 0.15) is 5.69 Å². The highest BCUT2D eigenvalue weighted by atomic mass is 15.5. The molecule has 2 aromatic heterocycles. The molecule has 0 unspecified atom stereocenters. The lowest BCUT2D eigenvalue weighted by molar-refractivity contribution is 0.746. The highest BCUT2D eigenvalue weighted by Crippen LogP contribution is 2.24. The van der Waals surface area contributed by atoms with E-state index in [4.69, 9.17) is 5.73 Å². The van der Waals surface area contributed by atoms with Gasteiger partial charge in [0.2, 0.25) is 0 Å². The van der Waals surface area contributed by atoms with E-state index in [9.17, 15) is 0 Å². The molecule has 2 N–H and O–H groups in total. The molecule has 2 heterocycles. The summed E-state index contributed by atoms with van der Waals surface area (Å²) in [6.07, 6.45) is 2.74. The van der Waals surface area contributed by atoms with Crippen molar-refractivity contribution in [2.45, 2.75) is 20.3 Å². The normalized spacial score (nSPS) is 11.0. The van der Waals surface area contributed by atoms with Crippen LogP contribution in [0.15, 0.2) is 24.4 Å². The summed E-state index contributed by atoms with van der Waals surface area (Å²) >= 11 is 0. The highest BCUT2D eigenvalue weighted by molar-refractivity contribution is 5.63. The predicted molar refractivity (Wildman–Crippen MR) is 79.9 cm³/mol. The van der Waals surface area contributed by atoms with Gasteiger partial charge in [0.05, 0.1) is 11.9 Å². The number of nitrogen functional groups attached to an aromatic ring is 1. The molecule has 108 valence electrons. The van der Waals surface area contributed by atoms with Gasteiger partial charge in [-0.3, -0.25) is 4.68 Å². The molecule has 0 aliphatic rings. The summed E-state index contributed by atoms with van der Waals surface area (Å²) in [5, 5.41) is 16.5. The lowest BCUT2D eigenvalue weighted by Gasteiger charge is -2.06. The van der Waals surface area contributed by atoms with Crippen molar-refractivity contribution in [3.05, 3.63) is 35.7 Å². The van der Waals surface area contributed by atoms with E-state index >= 15 is 0 Å². The van der Waals surface area contributed by atoms with E-state index in [0.717, 1.165) is 34.6 Å². The van der Waals surface area contributed by atoms with Crippen LogP contribution in [0.3, 0.4) is 0 Å². The summed E-state index contributed by atoms with van der Waals surface area (Å²) in [6, 6.07) is 5.78. The quantitative estimate of drug-likeness (QED) is 0.736. The molecule has 3 rings (SSSR count). The number of aromatic nitrogens is 6. The van der Waals surface area contributed by atoms with Crippen molar-refractivity contribution in [3.63, 3.8) is 0 Å². The topological polar surface area (TPSA) is 87.4 Å². The summed E-state index contributed by atoms with van der Waals surface area (Å²) in [5.74, 6) is 0.681. The Morgan fingerprint density at radius 2 is 2.10 bits per heavy atom. The van der Waals surface area contributed by atoms with Gasteiger partial charge >= 0.3 is 0 Å². The first kappa shape index (κ1) is 13.3. The Morgan fingerprint density at radius 1 is 1.29 bits per heavy atom. The third kappa shape index (κ3) is 2.26. The number of aryl methyl sites for hydroxylation is 3. The van der Waals surface area contributed by atoms with Crippen LogP contribution in [0.2, 0.25) is 0 Å². The maximum absolute atomic E-state index is 5.87. The Kier molecular flexibility index (Phi) is 3.17. The standard InChI is InChI=1S/C14H17N7/c1-4-12-13(8-20(3)17-12)21-14(16-18-19-21)10-5-6-11(15)9(2)7-10/h5-8H,4,15H2,1-3H3. The van der Waals surface area contributed by atoms with Gasteiger partial charge in [0.25, 0.3) is 0 Å². The third-order valence-electron chi connectivity index (χ3n) is 3.44. The molecule has 7 nitrogen and oxygen atoms in total. The number of rotatable bonds is 3. The smallest absolute Gasteiger partial charge is 0.187 e. The molecule has 21 heavy (non-hydrogen) atoms. The average molecular weight is 283 g/mol. The lowest BCUT2D eigenvalue weighted by Crippen LogP contribution is -2.02. The third-order valence-corrected chi connectivity index (χ3v) is 3.44. The van der Waals surface area contributed by atoms with Crippen molar-refractivity contribution >= 4 is 5.69 Å². The second-order valence-electron chi connectivity index (χ2n) is 4.97. The van der Waals surface area contributed by atoms with Crippen LogP contribution in [0.25, 0.3) is 17.1 Å². The monoisotopic (exact) mass is 283 g/mol. The van der Waals surface area contributed by atoms with Crippen LogP contribution in [0, 0.1) is 6.92 Å². The number of benzene rings is 1. The number of nitrogens with two attached hydrogens (primary N) is 1. The van der Waals surface area contributed by atoms with Gasteiger partial charge in [-0.2, -0.15) is 9.78 Å². The Bertz CT molecular complexity index is 784. The maximum atomic E-state index is 5.87. The van der Waals surface area contributed by atoms with Crippen LogP contribution in [-0.2, 0) is 13.5 Å². The number of hydrogen-bond acceptors (Lipinski definition) is 5. The van der Waals surface area contributed by atoms with E-state index in [-0.39, 0.29) is 0 Å². The maximum Gasteiger partial charge on any atom is 0.187 e. The Hall–Kier alpha value is -2.70. The molecule has 0 atom stereocenters. The van der Waals surface area contributed by atoms with Crippen molar-refractivity contribution in [1.29, 1.82) is 0 Å². The van der Waals surface area contributed by atoms with E-state index < -0.39 is 0 Å². The van der Waals surface area contributed by atoms with Crippen molar-refractivity contribution in [3.8, 4) is 17.1 Å². The fraction of sp³-hybridized carbons (Fsp3) is 0.286. The fourth-order valence-corrected chi connectivity index (χ4v) is 2.29. The second-order valence-corrected chi connectivity index (χ2v) is 4.97. The molecule has 7 heteroatoms. The zero-order chi connectivity index (χ0) is 15.0. The van der Waals surface area contributed by atoms with Gasteiger partial charge < -0.3 is 5.73 Å². The van der Waals surface area contributed by atoms with E-state index in [1.807, 2.05) is 38.4 Å². The minimum absolute atomic E-state index is 0.681. The molecule has 3 aromatic rings. The average Bonchev–Trinajstić information content (AvgIpc) is 3.07. The zero-order valence-electron chi connectivity index (χ0n) is 12.3. The minimum Gasteiger partial charge on any atom is -0.399 e. The summed E-state index contributed by atoms with van der Waals surface area (Å²) in [6.45, 7) is 4.03. The van der Waals surface area contributed by atoms with E-state index in [2.05, 4.69) is 27.5 Å². The molecule has 0 fully saturated rings. The molecule has 0 saturated heterocycles. The Balaban J connectivity index is 2.14.